The van der Waals surface area contributed by atoms with Gasteiger partial charge in [-0.3, -0.25) is 4.79 Å². The molecule has 1 amide bonds. The van der Waals surface area contributed by atoms with Crippen molar-refractivity contribution < 1.29 is 28.5 Å². The van der Waals surface area contributed by atoms with Crippen molar-refractivity contribution in [3.8, 4) is 29.1 Å². The van der Waals surface area contributed by atoms with Crippen LogP contribution in [0.3, 0.4) is 0 Å². The summed E-state index contributed by atoms with van der Waals surface area (Å²) in [4.78, 5) is 25.0. The van der Waals surface area contributed by atoms with E-state index in [0.717, 1.165) is 0 Å². The first-order chi connectivity index (χ1) is 16.1. The van der Waals surface area contributed by atoms with Gasteiger partial charge in [0.05, 0.1) is 12.7 Å². The van der Waals surface area contributed by atoms with Gasteiger partial charge in [0.25, 0.3) is 5.91 Å². The minimum absolute atomic E-state index is 0.119. The van der Waals surface area contributed by atoms with Crippen molar-refractivity contribution >= 4 is 23.6 Å². The van der Waals surface area contributed by atoms with E-state index in [-0.39, 0.29) is 18.1 Å². The lowest BCUT2D eigenvalue weighted by atomic mass is 10.1. The lowest BCUT2D eigenvalue weighted by molar-refractivity contribution is -0.112. The van der Waals surface area contributed by atoms with Gasteiger partial charge in [0, 0.05) is 11.8 Å². The predicted octanol–water partition coefficient (Wildman–Crippen LogP) is 4.19. The van der Waals surface area contributed by atoms with Gasteiger partial charge < -0.3 is 24.3 Å². The van der Waals surface area contributed by atoms with E-state index in [0.29, 0.717) is 34.1 Å². The smallest absolute Gasteiger partial charge is 0.343 e. The third-order valence-corrected chi connectivity index (χ3v) is 4.70. The van der Waals surface area contributed by atoms with Crippen LogP contribution < -0.4 is 24.3 Å². The molecule has 0 bridgehead atoms. The molecule has 3 aromatic carbocycles. The molecule has 8 heteroatoms. The van der Waals surface area contributed by atoms with Crippen molar-refractivity contribution in [1.82, 2.24) is 0 Å². The first kappa shape index (κ1) is 21.5. The number of esters is 1. The number of methoxy groups -OCH3 is 1. The van der Waals surface area contributed by atoms with E-state index < -0.39 is 11.9 Å². The van der Waals surface area contributed by atoms with E-state index in [9.17, 15) is 14.9 Å². The van der Waals surface area contributed by atoms with Crippen LogP contribution in [0.1, 0.15) is 15.9 Å². The Kier molecular flexibility index (Phi) is 6.23. The third kappa shape index (κ3) is 5.11. The van der Waals surface area contributed by atoms with Crippen LogP contribution in [0.25, 0.3) is 6.08 Å². The van der Waals surface area contributed by atoms with E-state index in [1.54, 1.807) is 66.7 Å². The van der Waals surface area contributed by atoms with Crippen molar-refractivity contribution in [2.45, 2.75) is 0 Å². The second kappa shape index (κ2) is 9.58. The Labute approximate surface area is 189 Å². The summed E-state index contributed by atoms with van der Waals surface area (Å²) in [6.45, 7) is 0.120. The Morgan fingerprint density at radius 1 is 1.00 bits per heavy atom. The number of anilines is 1. The van der Waals surface area contributed by atoms with Gasteiger partial charge in [-0.25, -0.2) is 4.79 Å². The molecule has 8 nitrogen and oxygen atoms in total. The van der Waals surface area contributed by atoms with Gasteiger partial charge in [0.15, 0.2) is 11.5 Å². The molecule has 1 heterocycles. The molecule has 0 aromatic heterocycles. The number of carbonyl (C=O) groups excluding carboxylic acids is 2. The lowest BCUT2D eigenvalue weighted by Crippen LogP contribution is -2.13. The van der Waals surface area contributed by atoms with Crippen molar-refractivity contribution in [2.24, 2.45) is 0 Å². The van der Waals surface area contributed by atoms with Crippen LogP contribution in [0.2, 0.25) is 0 Å². The fourth-order valence-electron chi connectivity index (χ4n) is 3.05. The summed E-state index contributed by atoms with van der Waals surface area (Å²) >= 11 is 0. The van der Waals surface area contributed by atoms with E-state index in [1.165, 1.54) is 13.2 Å². The molecule has 164 valence electrons. The Morgan fingerprint density at radius 3 is 2.55 bits per heavy atom. The number of nitrogens with zero attached hydrogens (tertiary/aromatic N) is 1. The molecular weight excluding hydrogens is 424 g/mol. The molecule has 0 radical (unpaired) electrons. The van der Waals surface area contributed by atoms with Gasteiger partial charge in [-0.1, -0.05) is 12.1 Å². The number of nitrogens with one attached hydrogen (secondary N) is 1. The SMILES string of the molecule is COc1ccc(C(=O)Oc2cccc(/C=C(\C#N)C(=O)Nc3ccc4c(c3)OCO4)c2)cc1. The molecule has 3 aromatic rings. The molecule has 0 saturated carbocycles. The van der Waals surface area contributed by atoms with Crippen molar-refractivity contribution in [3.05, 3.63) is 83.4 Å². The number of ether oxygens (including phenoxy) is 4. The van der Waals surface area contributed by atoms with Crippen LogP contribution in [-0.4, -0.2) is 25.8 Å². The Bertz CT molecular complexity index is 1270. The van der Waals surface area contributed by atoms with Gasteiger partial charge in [-0.15, -0.1) is 0 Å². The average molecular weight is 442 g/mol. The van der Waals surface area contributed by atoms with Crippen LogP contribution in [0.15, 0.2) is 72.3 Å². The number of carbonyl (C=O) groups is 2. The molecule has 1 aliphatic heterocycles. The van der Waals surface area contributed by atoms with Crippen LogP contribution in [0.4, 0.5) is 5.69 Å². The number of rotatable bonds is 6. The molecule has 0 atom stereocenters. The lowest BCUT2D eigenvalue weighted by Gasteiger charge is -2.07. The first-order valence-electron chi connectivity index (χ1n) is 9.85. The number of hydrogen-bond donors (Lipinski definition) is 1. The summed E-state index contributed by atoms with van der Waals surface area (Å²) in [7, 11) is 1.54. The minimum atomic E-state index is -0.586. The highest BCUT2D eigenvalue weighted by atomic mass is 16.7. The van der Waals surface area contributed by atoms with Gasteiger partial charge >= 0.3 is 5.97 Å². The number of nitriles is 1. The number of hydrogen-bond acceptors (Lipinski definition) is 7. The maximum Gasteiger partial charge on any atom is 0.343 e. The Morgan fingerprint density at radius 2 is 1.79 bits per heavy atom. The predicted molar refractivity (Wildman–Crippen MR) is 119 cm³/mol. The zero-order valence-corrected chi connectivity index (χ0v) is 17.5. The van der Waals surface area contributed by atoms with Crippen molar-refractivity contribution in [1.29, 1.82) is 5.26 Å². The molecule has 1 N–H and O–H groups in total. The van der Waals surface area contributed by atoms with Crippen LogP contribution in [-0.2, 0) is 4.79 Å². The van der Waals surface area contributed by atoms with Crippen molar-refractivity contribution in [3.63, 3.8) is 0 Å². The largest absolute Gasteiger partial charge is 0.497 e. The molecule has 33 heavy (non-hydrogen) atoms. The average Bonchev–Trinajstić information content (AvgIpc) is 3.30. The second-order valence-corrected chi connectivity index (χ2v) is 6.88. The molecule has 0 fully saturated rings. The van der Waals surface area contributed by atoms with Crippen LogP contribution in [0.5, 0.6) is 23.0 Å². The highest BCUT2D eigenvalue weighted by Gasteiger charge is 2.16. The molecule has 0 unspecified atom stereocenters. The number of benzene rings is 3. The highest BCUT2D eigenvalue weighted by molar-refractivity contribution is 6.09. The van der Waals surface area contributed by atoms with Crippen LogP contribution in [0, 0.1) is 11.3 Å². The summed E-state index contributed by atoms with van der Waals surface area (Å²) in [5, 5.41) is 12.1. The summed E-state index contributed by atoms with van der Waals surface area (Å²) in [5.41, 5.74) is 1.23. The third-order valence-electron chi connectivity index (χ3n) is 4.70. The summed E-state index contributed by atoms with van der Waals surface area (Å²) in [6, 6.07) is 19.9. The topological polar surface area (TPSA) is 107 Å². The first-order valence-corrected chi connectivity index (χ1v) is 9.85. The maximum atomic E-state index is 12.6. The quantitative estimate of drug-likeness (QED) is 0.264. The number of amides is 1. The fraction of sp³-hybridized carbons (Fsp3) is 0.0800. The molecule has 1 aliphatic rings. The normalized spacial score (nSPS) is 11.9. The molecule has 4 rings (SSSR count). The van der Waals surface area contributed by atoms with Gasteiger partial charge in [-0.05, 0) is 60.2 Å². The van der Waals surface area contributed by atoms with Crippen LogP contribution >= 0.6 is 0 Å². The molecule has 0 saturated heterocycles. The van der Waals surface area contributed by atoms with E-state index in [2.05, 4.69) is 5.32 Å². The molecular formula is C25H18N2O6. The Hall–Kier alpha value is -4.77. The minimum Gasteiger partial charge on any atom is -0.497 e. The Balaban J connectivity index is 1.46. The van der Waals surface area contributed by atoms with E-state index >= 15 is 0 Å². The zero-order valence-electron chi connectivity index (χ0n) is 17.5. The molecule has 0 aliphatic carbocycles. The van der Waals surface area contributed by atoms with Gasteiger partial charge in [0.1, 0.15) is 23.1 Å². The maximum absolute atomic E-state index is 12.6. The second-order valence-electron chi connectivity index (χ2n) is 6.88. The fourth-order valence-corrected chi connectivity index (χ4v) is 3.05. The van der Waals surface area contributed by atoms with Crippen molar-refractivity contribution in [2.75, 3.05) is 19.2 Å². The van der Waals surface area contributed by atoms with Gasteiger partial charge in [0.2, 0.25) is 6.79 Å². The standard InChI is InChI=1S/C25H18N2O6/c1-30-20-8-5-17(6-9-20)25(29)33-21-4-2-3-16(12-21)11-18(14-26)24(28)27-19-7-10-22-23(13-19)32-15-31-22/h2-13H,15H2,1H3,(H,27,28)/b18-11+. The zero-order chi connectivity index (χ0) is 23.2. The van der Waals surface area contributed by atoms with Gasteiger partial charge in [-0.2, -0.15) is 5.26 Å². The summed E-state index contributed by atoms with van der Waals surface area (Å²) < 4.78 is 21.0. The monoisotopic (exact) mass is 442 g/mol. The highest BCUT2D eigenvalue weighted by Crippen LogP contribution is 2.34. The summed E-state index contributed by atoms with van der Waals surface area (Å²) in [6.07, 6.45) is 1.41. The summed E-state index contributed by atoms with van der Waals surface area (Å²) in [5.74, 6) is 0.878. The molecule has 0 spiro atoms. The van der Waals surface area contributed by atoms with E-state index in [1.807, 2.05) is 6.07 Å². The number of fused-ring (bicyclic) bond motifs is 1. The van der Waals surface area contributed by atoms with E-state index in [4.69, 9.17) is 18.9 Å².